The van der Waals surface area contributed by atoms with E-state index in [1.54, 1.807) is 31.2 Å². The van der Waals surface area contributed by atoms with Crippen molar-refractivity contribution in [2.24, 2.45) is 5.73 Å². The maximum absolute atomic E-state index is 11.5. The van der Waals surface area contributed by atoms with Gasteiger partial charge < -0.3 is 10.8 Å². The fourth-order valence-electron chi connectivity index (χ4n) is 1.34. The highest BCUT2D eigenvalue weighted by molar-refractivity contribution is 8.00. The summed E-state index contributed by atoms with van der Waals surface area (Å²) in [4.78, 5) is 33.3. The second-order valence-electron chi connectivity index (χ2n) is 3.83. The van der Waals surface area contributed by atoms with Crippen molar-refractivity contribution < 1.29 is 19.5 Å². The number of carbonyl (C=O) groups is 3. The van der Waals surface area contributed by atoms with Crippen LogP contribution < -0.4 is 11.1 Å². The lowest BCUT2D eigenvalue weighted by Gasteiger charge is -2.10. The van der Waals surface area contributed by atoms with Gasteiger partial charge in [0.25, 0.3) is 0 Å². The molecule has 102 valence electrons. The number of benzene rings is 1. The molecule has 0 saturated heterocycles. The van der Waals surface area contributed by atoms with Gasteiger partial charge in [0.2, 0.25) is 5.91 Å². The van der Waals surface area contributed by atoms with Gasteiger partial charge in [0, 0.05) is 4.90 Å². The molecule has 1 aromatic carbocycles. The number of nitrogens with two attached hydrogens (primary N) is 1. The van der Waals surface area contributed by atoms with Crippen molar-refractivity contribution in [2.75, 3.05) is 0 Å². The lowest BCUT2D eigenvalue weighted by Crippen LogP contribution is -2.39. The minimum absolute atomic E-state index is 0.0390. The van der Waals surface area contributed by atoms with Crippen LogP contribution >= 0.6 is 11.8 Å². The quantitative estimate of drug-likeness (QED) is 0.698. The van der Waals surface area contributed by atoms with E-state index < -0.39 is 23.2 Å². The fourth-order valence-corrected chi connectivity index (χ4v) is 2.21. The summed E-state index contributed by atoms with van der Waals surface area (Å²) in [5.74, 6) is -1.36. The molecule has 0 aliphatic carbocycles. The average molecular weight is 282 g/mol. The minimum atomic E-state index is -0.894. The summed E-state index contributed by atoms with van der Waals surface area (Å²) in [6, 6.07) is 5.97. The zero-order valence-electron chi connectivity index (χ0n) is 10.3. The van der Waals surface area contributed by atoms with Gasteiger partial charge in [0.15, 0.2) is 0 Å². The minimum Gasteiger partial charge on any atom is -0.481 e. The Morgan fingerprint density at radius 3 is 2.37 bits per heavy atom. The Bertz CT molecular complexity index is 487. The maximum atomic E-state index is 11.5. The molecule has 6 nitrogen and oxygen atoms in total. The summed E-state index contributed by atoms with van der Waals surface area (Å²) >= 11 is 1.25. The smallest absolute Gasteiger partial charge is 0.318 e. The van der Waals surface area contributed by atoms with E-state index in [1.807, 2.05) is 5.32 Å². The number of nitrogens with one attached hydrogen (secondary N) is 1. The number of imide groups is 1. The van der Waals surface area contributed by atoms with Crippen LogP contribution in [0.15, 0.2) is 29.2 Å². The normalized spacial score (nSPS) is 11.6. The van der Waals surface area contributed by atoms with Crippen LogP contribution in [0.5, 0.6) is 0 Å². The molecule has 0 fully saturated rings. The molecule has 0 spiro atoms. The topological polar surface area (TPSA) is 109 Å². The number of thioether (sulfide) groups is 1. The van der Waals surface area contributed by atoms with Gasteiger partial charge in [-0.2, -0.15) is 0 Å². The first-order valence-corrected chi connectivity index (χ1v) is 6.34. The van der Waals surface area contributed by atoms with E-state index in [0.29, 0.717) is 5.56 Å². The molecular weight excluding hydrogens is 268 g/mol. The molecule has 0 saturated carbocycles. The number of carbonyl (C=O) groups excluding carboxylic acids is 2. The van der Waals surface area contributed by atoms with Gasteiger partial charge in [-0.05, 0) is 24.6 Å². The Kier molecular flexibility index (Phi) is 5.37. The number of aliphatic carboxylic acids is 1. The number of hydrogen-bond acceptors (Lipinski definition) is 4. The third-order valence-corrected chi connectivity index (χ3v) is 3.32. The first kappa shape index (κ1) is 15.0. The number of hydrogen-bond donors (Lipinski definition) is 3. The third kappa shape index (κ3) is 5.43. The predicted octanol–water partition coefficient (Wildman–Crippen LogP) is 0.989. The predicted molar refractivity (Wildman–Crippen MR) is 70.8 cm³/mol. The Hall–Kier alpha value is -2.02. The third-order valence-electron chi connectivity index (χ3n) is 2.21. The fraction of sp³-hybridized carbons (Fsp3) is 0.250. The molecule has 7 heteroatoms. The number of amides is 3. The molecule has 19 heavy (non-hydrogen) atoms. The molecule has 0 radical (unpaired) electrons. The van der Waals surface area contributed by atoms with Crippen molar-refractivity contribution in [1.82, 2.24) is 5.32 Å². The largest absolute Gasteiger partial charge is 0.481 e. The van der Waals surface area contributed by atoms with Crippen molar-refractivity contribution >= 4 is 29.7 Å². The molecule has 1 aromatic rings. The summed E-state index contributed by atoms with van der Waals surface area (Å²) in [5, 5.41) is 10.2. The molecule has 1 rings (SSSR count). The van der Waals surface area contributed by atoms with Gasteiger partial charge in [-0.15, -0.1) is 11.8 Å². The van der Waals surface area contributed by atoms with Crippen LogP contribution in [0.25, 0.3) is 0 Å². The zero-order valence-corrected chi connectivity index (χ0v) is 11.1. The van der Waals surface area contributed by atoms with Crippen LogP contribution in [0.3, 0.4) is 0 Å². The highest BCUT2D eigenvalue weighted by Crippen LogP contribution is 2.23. The molecule has 0 aliphatic rings. The van der Waals surface area contributed by atoms with E-state index in [1.165, 1.54) is 11.8 Å². The van der Waals surface area contributed by atoms with E-state index in [-0.39, 0.29) is 6.42 Å². The van der Waals surface area contributed by atoms with Crippen LogP contribution in [-0.2, 0) is 16.0 Å². The van der Waals surface area contributed by atoms with Crippen molar-refractivity contribution in [2.45, 2.75) is 23.5 Å². The summed E-state index contributed by atoms with van der Waals surface area (Å²) in [6.45, 7) is 1.65. The van der Waals surface area contributed by atoms with Crippen LogP contribution in [0, 0.1) is 0 Å². The van der Waals surface area contributed by atoms with Gasteiger partial charge in [0.05, 0.1) is 11.7 Å². The molecule has 1 unspecified atom stereocenters. The molecular formula is C12H14N2O4S. The maximum Gasteiger partial charge on any atom is 0.318 e. The molecule has 0 bridgehead atoms. The average Bonchev–Trinajstić information content (AvgIpc) is 2.30. The summed E-state index contributed by atoms with van der Waals surface area (Å²) in [7, 11) is 0. The first-order chi connectivity index (χ1) is 8.88. The van der Waals surface area contributed by atoms with Crippen molar-refractivity contribution in [1.29, 1.82) is 0 Å². The van der Waals surface area contributed by atoms with E-state index in [4.69, 9.17) is 10.8 Å². The van der Waals surface area contributed by atoms with Crippen molar-refractivity contribution in [3.63, 3.8) is 0 Å². The summed E-state index contributed by atoms with van der Waals surface area (Å²) in [6.07, 6.45) is -0.0390. The molecule has 4 N–H and O–H groups in total. The number of urea groups is 1. The van der Waals surface area contributed by atoms with Crippen molar-refractivity contribution in [3.05, 3.63) is 29.8 Å². The molecule has 0 heterocycles. The van der Waals surface area contributed by atoms with Crippen LogP contribution in [-0.4, -0.2) is 28.3 Å². The molecule has 3 amide bonds. The van der Waals surface area contributed by atoms with Gasteiger partial charge in [-0.3, -0.25) is 14.9 Å². The number of carboxylic acids is 1. The van der Waals surface area contributed by atoms with Gasteiger partial charge in [-0.1, -0.05) is 12.1 Å². The Labute approximate surface area is 114 Å². The van der Waals surface area contributed by atoms with Gasteiger partial charge >= 0.3 is 12.0 Å². The standard InChI is InChI=1S/C12H14N2O4S/c1-7(11(17)14-12(13)18)19-9-4-2-8(3-5-9)6-10(15)16/h2-5,7H,6H2,1H3,(H,15,16)(H3,13,14,17,18). The molecule has 0 aromatic heterocycles. The Morgan fingerprint density at radius 2 is 1.89 bits per heavy atom. The summed E-state index contributed by atoms with van der Waals surface area (Å²) in [5.41, 5.74) is 5.54. The Balaban J connectivity index is 2.59. The summed E-state index contributed by atoms with van der Waals surface area (Å²) < 4.78 is 0. The molecule has 0 aliphatic heterocycles. The van der Waals surface area contributed by atoms with E-state index >= 15 is 0 Å². The van der Waals surface area contributed by atoms with Gasteiger partial charge in [-0.25, -0.2) is 4.79 Å². The lowest BCUT2D eigenvalue weighted by molar-refractivity contribution is -0.136. The highest BCUT2D eigenvalue weighted by Gasteiger charge is 2.15. The number of rotatable bonds is 5. The molecule has 1 atom stereocenters. The van der Waals surface area contributed by atoms with Crippen molar-refractivity contribution in [3.8, 4) is 0 Å². The van der Waals surface area contributed by atoms with E-state index in [2.05, 4.69) is 0 Å². The highest BCUT2D eigenvalue weighted by atomic mass is 32.2. The second kappa shape index (κ2) is 6.79. The number of carboxylic acid groups (broad SMARTS) is 1. The van der Waals surface area contributed by atoms with E-state index in [0.717, 1.165) is 4.90 Å². The lowest BCUT2D eigenvalue weighted by atomic mass is 10.2. The number of primary amides is 1. The van der Waals surface area contributed by atoms with E-state index in [9.17, 15) is 14.4 Å². The first-order valence-electron chi connectivity index (χ1n) is 5.46. The van der Waals surface area contributed by atoms with Crippen LogP contribution in [0.4, 0.5) is 4.79 Å². The monoisotopic (exact) mass is 282 g/mol. The second-order valence-corrected chi connectivity index (χ2v) is 5.24. The van der Waals surface area contributed by atoms with Crippen LogP contribution in [0.1, 0.15) is 12.5 Å². The SMILES string of the molecule is CC(Sc1ccc(CC(=O)O)cc1)C(=O)NC(N)=O. The van der Waals surface area contributed by atoms with Crippen LogP contribution in [0.2, 0.25) is 0 Å². The zero-order chi connectivity index (χ0) is 14.4. The van der Waals surface area contributed by atoms with Gasteiger partial charge in [0.1, 0.15) is 0 Å². The Morgan fingerprint density at radius 1 is 1.32 bits per heavy atom.